The van der Waals surface area contributed by atoms with Gasteiger partial charge in [-0.3, -0.25) is 4.79 Å². The minimum Gasteiger partial charge on any atom is -0.480 e. The molecular formula is C10H10F3NO5S. The highest BCUT2D eigenvalue weighted by molar-refractivity contribution is 7.89. The number of aliphatic hydroxyl groups excluding tert-OH is 1. The van der Waals surface area contributed by atoms with Crippen LogP contribution in [0.5, 0.6) is 0 Å². The molecule has 3 N–H and O–H groups in total. The molecule has 6 nitrogen and oxygen atoms in total. The lowest BCUT2D eigenvalue weighted by Gasteiger charge is -2.13. The number of sulfonamides is 1. The van der Waals surface area contributed by atoms with Crippen molar-refractivity contribution in [3.05, 3.63) is 29.8 Å². The highest BCUT2D eigenvalue weighted by Gasteiger charge is 2.32. The van der Waals surface area contributed by atoms with Crippen LogP contribution in [0.4, 0.5) is 13.2 Å². The molecule has 0 aliphatic heterocycles. The van der Waals surface area contributed by atoms with E-state index in [1.54, 1.807) is 4.72 Å². The Bertz CT molecular complexity index is 599. The molecule has 112 valence electrons. The lowest BCUT2D eigenvalue weighted by molar-refractivity contribution is -0.140. The van der Waals surface area contributed by atoms with Crippen molar-refractivity contribution in [3.8, 4) is 0 Å². The number of carboxylic acid groups (broad SMARTS) is 1. The Balaban J connectivity index is 3.13. The first-order chi connectivity index (χ1) is 9.08. The van der Waals surface area contributed by atoms with Crippen molar-refractivity contribution in [2.75, 3.05) is 6.61 Å². The number of halogens is 3. The molecule has 0 heterocycles. The second-order valence-electron chi connectivity index (χ2n) is 3.72. The molecule has 10 heteroatoms. The maximum atomic E-state index is 12.5. The molecule has 0 aromatic heterocycles. The van der Waals surface area contributed by atoms with Crippen LogP contribution in [0.25, 0.3) is 0 Å². The zero-order valence-corrected chi connectivity index (χ0v) is 10.6. The van der Waals surface area contributed by atoms with Crippen molar-refractivity contribution < 1.29 is 36.6 Å². The standard InChI is InChI=1S/C10H10F3NO5S/c11-10(12,13)6-2-1-3-7(4-6)20(18,19)14-8(5-15)9(16)17/h1-4,8,14-15H,5H2,(H,16,17). The van der Waals surface area contributed by atoms with Crippen LogP contribution in [0, 0.1) is 0 Å². The van der Waals surface area contributed by atoms with E-state index < -0.39 is 45.3 Å². The Labute approximate surface area is 111 Å². The Hall–Kier alpha value is -1.65. The zero-order valence-electron chi connectivity index (χ0n) is 9.76. The van der Waals surface area contributed by atoms with E-state index in [0.717, 1.165) is 12.1 Å². The van der Waals surface area contributed by atoms with Crippen molar-refractivity contribution in [2.24, 2.45) is 0 Å². The van der Waals surface area contributed by atoms with Gasteiger partial charge < -0.3 is 10.2 Å². The smallest absolute Gasteiger partial charge is 0.416 e. The molecule has 0 bridgehead atoms. The summed E-state index contributed by atoms with van der Waals surface area (Å²) in [6.07, 6.45) is -4.73. The van der Waals surface area contributed by atoms with Crippen LogP contribution in [0.2, 0.25) is 0 Å². The topological polar surface area (TPSA) is 104 Å². The molecule has 1 atom stereocenters. The van der Waals surface area contributed by atoms with Crippen molar-refractivity contribution in [3.63, 3.8) is 0 Å². The van der Waals surface area contributed by atoms with Gasteiger partial charge in [-0.05, 0) is 18.2 Å². The summed E-state index contributed by atoms with van der Waals surface area (Å²) in [5.74, 6) is -1.65. The number of rotatable bonds is 5. The van der Waals surface area contributed by atoms with E-state index in [-0.39, 0.29) is 0 Å². The fraction of sp³-hybridized carbons (Fsp3) is 0.300. The third kappa shape index (κ3) is 3.92. The first-order valence-electron chi connectivity index (χ1n) is 5.11. The quantitative estimate of drug-likeness (QED) is 0.731. The number of nitrogens with one attached hydrogen (secondary N) is 1. The Morgan fingerprint density at radius 3 is 2.40 bits per heavy atom. The van der Waals surface area contributed by atoms with E-state index in [9.17, 15) is 26.4 Å². The summed E-state index contributed by atoms with van der Waals surface area (Å²) >= 11 is 0. The molecule has 1 aromatic rings. The first kappa shape index (κ1) is 16.4. The SMILES string of the molecule is O=C(O)C(CO)NS(=O)(=O)c1cccc(C(F)(F)F)c1. The van der Waals surface area contributed by atoms with Gasteiger partial charge in [-0.1, -0.05) is 6.07 Å². The summed E-state index contributed by atoms with van der Waals surface area (Å²) in [5, 5.41) is 17.3. The molecule has 0 aliphatic carbocycles. The van der Waals surface area contributed by atoms with E-state index in [1.165, 1.54) is 0 Å². The zero-order chi connectivity index (χ0) is 15.6. The molecule has 0 radical (unpaired) electrons. The van der Waals surface area contributed by atoms with Gasteiger partial charge in [-0.25, -0.2) is 8.42 Å². The average molecular weight is 313 g/mol. The fourth-order valence-electron chi connectivity index (χ4n) is 1.26. The number of carbonyl (C=O) groups is 1. The molecule has 1 aromatic carbocycles. The van der Waals surface area contributed by atoms with E-state index >= 15 is 0 Å². The molecule has 0 spiro atoms. The summed E-state index contributed by atoms with van der Waals surface area (Å²) in [5.41, 5.74) is -1.18. The molecule has 0 aliphatic rings. The molecule has 20 heavy (non-hydrogen) atoms. The third-order valence-corrected chi connectivity index (χ3v) is 3.72. The maximum Gasteiger partial charge on any atom is 0.416 e. The number of hydrogen-bond acceptors (Lipinski definition) is 4. The Morgan fingerprint density at radius 1 is 1.35 bits per heavy atom. The van der Waals surface area contributed by atoms with Crippen molar-refractivity contribution in [1.29, 1.82) is 0 Å². The van der Waals surface area contributed by atoms with Gasteiger partial charge in [0.05, 0.1) is 17.1 Å². The van der Waals surface area contributed by atoms with Crippen molar-refractivity contribution >= 4 is 16.0 Å². The molecule has 0 amide bonds. The van der Waals surface area contributed by atoms with Crippen LogP contribution >= 0.6 is 0 Å². The lowest BCUT2D eigenvalue weighted by Crippen LogP contribution is -2.43. The van der Waals surface area contributed by atoms with Gasteiger partial charge in [0.15, 0.2) is 0 Å². The minimum absolute atomic E-state index is 0.374. The summed E-state index contributed by atoms with van der Waals surface area (Å²) in [6.45, 7) is -1.03. The summed E-state index contributed by atoms with van der Waals surface area (Å²) in [4.78, 5) is 9.86. The van der Waals surface area contributed by atoms with Crippen LogP contribution in [-0.2, 0) is 21.0 Å². The number of benzene rings is 1. The summed E-state index contributed by atoms with van der Waals surface area (Å²) in [6, 6.07) is 0.979. The predicted molar refractivity (Wildman–Crippen MR) is 60.3 cm³/mol. The Kier molecular flexibility index (Phi) is 4.73. The Morgan fingerprint density at radius 2 is 1.95 bits per heavy atom. The van der Waals surface area contributed by atoms with Crippen LogP contribution in [-0.4, -0.2) is 37.2 Å². The van der Waals surface area contributed by atoms with Crippen LogP contribution in [0.15, 0.2) is 29.2 Å². The number of carboxylic acids is 1. The van der Waals surface area contributed by atoms with Crippen molar-refractivity contribution in [1.82, 2.24) is 4.72 Å². The second kappa shape index (κ2) is 5.77. The summed E-state index contributed by atoms with van der Waals surface area (Å²) in [7, 11) is -4.49. The van der Waals surface area contributed by atoms with Gasteiger partial charge in [-0.15, -0.1) is 0 Å². The average Bonchev–Trinajstić information content (AvgIpc) is 2.35. The van der Waals surface area contributed by atoms with Crippen LogP contribution < -0.4 is 4.72 Å². The van der Waals surface area contributed by atoms with Gasteiger partial charge in [0.25, 0.3) is 0 Å². The van der Waals surface area contributed by atoms with Gasteiger partial charge in [0.2, 0.25) is 10.0 Å². The molecule has 1 unspecified atom stereocenters. The maximum absolute atomic E-state index is 12.5. The molecule has 0 saturated heterocycles. The van der Waals surface area contributed by atoms with Crippen LogP contribution in [0.3, 0.4) is 0 Å². The molecular weight excluding hydrogens is 303 g/mol. The third-order valence-electron chi connectivity index (χ3n) is 2.25. The van der Waals surface area contributed by atoms with Gasteiger partial charge >= 0.3 is 12.1 Å². The number of hydrogen-bond donors (Lipinski definition) is 3. The fourth-order valence-corrected chi connectivity index (χ4v) is 2.49. The highest BCUT2D eigenvalue weighted by Crippen LogP contribution is 2.30. The van der Waals surface area contributed by atoms with E-state index in [0.29, 0.717) is 12.1 Å². The summed E-state index contributed by atoms with van der Waals surface area (Å²) < 4.78 is 62.4. The van der Waals surface area contributed by atoms with Crippen LogP contribution in [0.1, 0.15) is 5.56 Å². The number of alkyl halides is 3. The van der Waals surface area contributed by atoms with E-state index in [4.69, 9.17) is 10.2 Å². The minimum atomic E-state index is -4.73. The normalized spacial score (nSPS) is 14.0. The van der Waals surface area contributed by atoms with Gasteiger partial charge in [0.1, 0.15) is 6.04 Å². The molecule has 0 fully saturated rings. The second-order valence-corrected chi connectivity index (χ2v) is 5.43. The largest absolute Gasteiger partial charge is 0.480 e. The highest BCUT2D eigenvalue weighted by atomic mass is 32.2. The molecule has 1 rings (SSSR count). The predicted octanol–water partition coefficient (Wildman–Crippen LogP) is 0.429. The molecule has 0 saturated carbocycles. The first-order valence-corrected chi connectivity index (χ1v) is 6.59. The number of aliphatic carboxylic acids is 1. The van der Waals surface area contributed by atoms with E-state index in [2.05, 4.69) is 0 Å². The lowest BCUT2D eigenvalue weighted by atomic mass is 10.2. The van der Waals surface area contributed by atoms with E-state index in [1.807, 2.05) is 0 Å². The van der Waals surface area contributed by atoms with Gasteiger partial charge in [0, 0.05) is 0 Å². The number of aliphatic hydroxyl groups is 1. The monoisotopic (exact) mass is 313 g/mol. The van der Waals surface area contributed by atoms with Gasteiger partial charge in [-0.2, -0.15) is 17.9 Å². The van der Waals surface area contributed by atoms with Crippen molar-refractivity contribution in [2.45, 2.75) is 17.1 Å².